The quantitative estimate of drug-likeness (QED) is 0.664. The van der Waals surface area contributed by atoms with Gasteiger partial charge in [-0.15, -0.1) is 0 Å². The van der Waals surface area contributed by atoms with E-state index < -0.39 is 15.7 Å². The van der Waals surface area contributed by atoms with E-state index in [-0.39, 0.29) is 29.8 Å². The summed E-state index contributed by atoms with van der Waals surface area (Å²) >= 11 is 0. The zero-order chi connectivity index (χ0) is 18.3. The van der Waals surface area contributed by atoms with Gasteiger partial charge in [0, 0.05) is 32.7 Å². The number of nitrogens with zero attached hydrogens (tertiary/aromatic N) is 1. The van der Waals surface area contributed by atoms with Crippen LogP contribution in [0.4, 0.5) is 4.39 Å². The lowest BCUT2D eigenvalue weighted by Crippen LogP contribution is -2.36. The topological polar surface area (TPSA) is 89.7 Å². The second-order valence-corrected chi connectivity index (χ2v) is 8.67. The molecular weight excluding hydrogens is 347 g/mol. The van der Waals surface area contributed by atoms with Crippen molar-refractivity contribution in [2.24, 2.45) is 5.73 Å². The molecule has 1 amide bonds. The van der Waals surface area contributed by atoms with Crippen LogP contribution in [-0.4, -0.2) is 56.5 Å². The summed E-state index contributed by atoms with van der Waals surface area (Å²) in [5.74, 6) is -1.25. The number of hydrogen-bond donors (Lipinski definition) is 1. The second-order valence-electron chi connectivity index (χ2n) is 6.37. The lowest BCUT2D eigenvalue weighted by atomic mass is 10.2. The average molecular weight is 372 g/mol. The predicted octanol–water partition coefficient (Wildman–Crippen LogP) is 1.10. The van der Waals surface area contributed by atoms with Gasteiger partial charge in [-0.1, -0.05) is 12.1 Å². The zero-order valence-electron chi connectivity index (χ0n) is 14.2. The maximum absolute atomic E-state index is 13.4. The number of nitrogens with two attached hydrogens (primary N) is 1. The van der Waals surface area contributed by atoms with E-state index in [0.717, 1.165) is 25.0 Å². The molecule has 0 aromatic heterocycles. The Balaban J connectivity index is 1.97. The molecule has 1 aliphatic rings. The van der Waals surface area contributed by atoms with E-state index in [1.54, 1.807) is 6.07 Å². The van der Waals surface area contributed by atoms with Gasteiger partial charge in [-0.25, -0.2) is 12.8 Å². The molecule has 1 fully saturated rings. The molecule has 0 spiro atoms. The summed E-state index contributed by atoms with van der Waals surface area (Å²) < 4.78 is 43.1. The zero-order valence-corrected chi connectivity index (χ0v) is 15.0. The third kappa shape index (κ3) is 7.50. The molecule has 0 aliphatic carbocycles. The molecule has 2 rings (SSSR count). The van der Waals surface area contributed by atoms with Crippen molar-refractivity contribution in [2.45, 2.75) is 31.9 Å². The van der Waals surface area contributed by atoms with Crippen LogP contribution in [0.2, 0.25) is 0 Å². The number of carbonyl (C=O) groups excluding carboxylic acids is 1. The fourth-order valence-corrected chi connectivity index (χ4v) is 4.08. The molecule has 0 unspecified atom stereocenters. The molecule has 1 aromatic carbocycles. The van der Waals surface area contributed by atoms with Crippen LogP contribution in [0.5, 0.6) is 0 Å². The van der Waals surface area contributed by atoms with Crippen LogP contribution in [0.1, 0.15) is 24.8 Å². The van der Waals surface area contributed by atoms with Gasteiger partial charge >= 0.3 is 0 Å². The highest BCUT2D eigenvalue weighted by atomic mass is 32.2. The highest BCUT2D eigenvalue weighted by Gasteiger charge is 2.21. The van der Waals surface area contributed by atoms with Gasteiger partial charge in [0.05, 0.1) is 17.6 Å². The smallest absolute Gasteiger partial charge is 0.218 e. The SMILES string of the molecule is NC(=O)CCS(=O)(=O)CCN(Cc1cccc(F)c1)C[C@H]1CCCO1. The molecule has 8 heteroatoms. The van der Waals surface area contributed by atoms with E-state index in [0.29, 0.717) is 19.6 Å². The van der Waals surface area contributed by atoms with Crippen LogP contribution in [0, 0.1) is 5.82 Å². The van der Waals surface area contributed by atoms with Crippen molar-refractivity contribution in [3.8, 4) is 0 Å². The van der Waals surface area contributed by atoms with Crippen molar-refractivity contribution in [3.05, 3.63) is 35.6 Å². The first kappa shape index (κ1) is 19.8. The van der Waals surface area contributed by atoms with Gasteiger partial charge in [0.1, 0.15) is 5.82 Å². The molecule has 25 heavy (non-hydrogen) atoms. The van der Waals surface area contributed by atoms with Crippen LogP contribution in [0.25, 0.3) is 0 Å². The van der Waals surface area contributed by atoms with Gasteiger partial charge in [-0.2, -0.15) is 0 Å². The Bertz CT molecular complexity index is 675. The van der Waals surface area contributed by atoms with E-state index in [2.05, 4.69) is 0 Å². The van der Waals surface area contributed by atoms with Gasteiger partial charge in [0.15, 0.2) is 9.84 Å². The Kier molecular flexibility index (Phi) is 7.34. The molecule has 1 aliphatic heterocycles. The molecule has 1 heterocycles. The Morgan fingerprint density at radius 1 is 1.36 bits per heavy atom. The summed E-state index contributed by atoms with van der Waals surface area (Å²) in [6, 6.07) is 6.28. The minimum Gasteiger partial charge on any atom is -0.377 e. The van der Waals surface area contributed by atoms with Crippen LogP contribution < -0.4 is 5.73 Å². The van der Waals surface area contributed by atoms with E-state index in [4.69, 9.17) is 10.5 Å². The van der Waals surface area contributed by atoms with E-state index >= 15 is 0 Å². The third-order valence-corrected chi connectivity index (χ3v) is 5.79. The first-order chi connectivity index (χ1) is 11.8. The number of benzene rings is 1. The number of halogens is 1. The maximum atomic E-state index is 13.4. The fraction of sp³-hybridized carbons (Fsp3) is 0.588. The molecular formula is C17H25FN2O4S. The molecule has 2 N–H and O–H groups in total. The number of ether oxygens (including phenoxy) is 1. The lowest BCUT2D eigenvalue weighted by Gasteiger charge is -2.25. The predicted molar refractivity (Wildman–Crippen MR) is 93.1 cm³/mol. The summed E-state index contributed by atoms with van der Waals surface area (Å²) in [6.45, 7) is 2.07. The molecule has 1 saturated heterocycles. The number of amides is 1. The average Bonchev–Trinajstić information content (AvgIpc) is 3.04. The highest BCUT2D eigenvalue weighted by molar-refractivity contribution is 7.91. The van der Waals surface area contributed by atoms with Crippen molar-refractivity contribution in [1.29, 1.82) is 0 Å². The fourth-order valence-electron chi connectivity index (χ4n) is 2.83. The molecule has 140 valence electrons. The second kappa shape index (κ2) is 9.26. The number of hydrogen-bond acceptors (Lipinski definition) is 5. The van der Waals surface area contributed by atoms with E-state index in [1.807, 2.05) is 11.0 Å². The van der Waals surface area contributed by atoms with Gasteiger partial charge in [0.25, 0.3) is 0 Å². The minimum atomic E-state index is -3.36. The number of sulfone groups is 1. The number of carbonyl (C=O) groups is 1. The van der Waals surface area contributed by atoms with Crippen molar-refractivity contribution >= 4 is 15.7 Å². The summed E-state index contributed by atoms with van der Waals surface area (Å²) in [5.41, 5.74) is 5.80. The molecule has 0 bridgehead atoms. The summed E-state index contributed by atoms with van der Waals surface area (Å²) in [5, 5.41) is 0. The van der Waals surface area contributed by atoms with E-state index in [1.165, 1.54) is 12.1 Å². The first-order valence-electron chi connectivity index (χ1n) is 8.41. The summed E-state index contributed by atoms with van der Waals surface area (Å²) in [4.78, 5) is 12.7. The van der Waals surface area contributed by atoms with Crippen LogP contribution in [-0.2, 0) is 25.9 Å². The molecule has 1 atom stereocenters. The van der Waals surface area contributed by atoms with Gasteiger partial charge < -0.3 is 10.5 Å². The minimum absolute atomic E-state index is 0.0671. The first-order valence-corrected chi connectivity index (χ1v) is 10.2. The number of rotatable bonds is 10. The number of primary amides is 1. The monoisotopic (exact) mass is 372 g/mol. The van der Waals surface area contributed by atoms with Gasteiger partial charge in [0.2, 0.25) is 5.91 Å². The van der Waals surface area contributed by atoms with Crippen LogP contribution in [0.3, 0.4) is 0 Å². The van der Waals surface area contributed by atoms with Crippen LogP contribution >= 0.6 is 0 Å². The molecule has 0 radical (unpaired) electrons. The third-order valence-electron chi connectivity index (χ3n) is 4.16. The van der Waals surface area contributed by atoms with E-state index in [9.17, 15) is 17.6 Å². The Hall–Kier alpha value is -1.51. The van der Waals surface area contributed by atoms with Crippen molar-refractivity contribution in [3.63, 3.8) is 0 Å². The van der Waals surface area contributed by atoms with Gasteiger partial charge in [-0.05, 0) is 30.5 Å². The normalized spacial score (nSPS) is 17.9. The van der Waals surface area contributed by atoms with Crippen molar-refractivity contribution < 1.29 is 22.3 Å². The summed E-state index contributed by atoms with van der Waals surface area (Å²) in [7, 11) is -3.36. The molecule has 1 aromatic rings. The molecule has 6 nitrogen and oxygen atoms in total. The highest BCUT2D eigenvalue weighted by Crippen LogP contribution is 2.16. The Morgan fingerprint density at radius 3 is 2.80 bits per heavy atom. The Morgan fingerprint density at radius 2 is 2.16 bits per heavy atom. The lowest BCUT2D eigenvalue weighted by molar-refractivity contribution is -0.117. The van der Waals surface area contributed by atoms with Gasteiger partial charge in [-0.3, -0.25) is 9.69 Å². The van der Waals surface area contributed by atoms with Crippen molar-refractivity contribution in [2.75, 3.05) is 31.2 Å². The van der Waals surface area contributed by atoms with Crippen LogP contribution in [0.15, 0.2) is 24.3 Å². The van der Waals surface area contributed by atoms with Crippen molar-refractivity contribution in [1.82, 2.24) is 4.90 Å². The maximum Gasteiger partial charge on any atom is 0.218 e. The Labute approximate surface area is 148 Å². The molecule has 0 saturated carbocycles. The largest absolute Gasteiger partial charge is 0.377 e. The standard InChI is InChI=1S/C17H25FN2O4S/c18-15-4-1-3-14(11-15)12-20(13-16-5-2-8-24-16)7-10-25(22,23)9-6-17(19)21/h1,3-4,11,16H,2,5-10,12-13H2,(H2,19,21)/t16-/m1/s1. The summed E-state index contributed by atoms with van der Waals surface area (Å²) in [6.07, 6.45) is 1.84.